The number of hydrogen-bond acceptors (Lipinski definition) is 7. The lowest BCUT2D eigenvalue weighted by Gasteiger charge is -2.15. The first kappa shape index (κ1) is 25.4. The molecule has 0 aliphatic carbocycles. The van der Waals surface area contributed by atoms with Crippen molar-refractivity contribution in [3.05, 3.63) is 93.5 Å². The first-order valence-corrected chi connectivity index (χ1v) is 11.9. The van der Waals surface area contributed by atoms with E-state index in [4.69, 9.17) is 4.74 Å². The van der Waals surface area contributed by atoms with Crippen molar-refractivity contribution < 1.29 is 27.7 Å². The number of sulfonamides is 1. The lowest BCUT2D eigenvalue weighted by atomic mass is 10.2. The van der Waals surface area contributed by atoms with Gasteiger partial charge >= 0.3 is 5.97 Å². The monoisotopic (exact) mass is 497 g/mol. The van der Waals surface area contributed by atoms with E-state index in [-0.39, 0.29) is 21.8 Å². The molecular weight excluding hydrogens is 474 g/mol. The third kappa shape index (κ3) is 6.21. The maximum Gasteiger partial charge on any atom is 0.338 e. The van der Waals surface area contributed by atoms with Gasteiger partial charge < -0.3 is 10.1 Å². The average molecular weight is 498 g/mol. The van der Waals surface area contributed by atoms with Crippen molar-refractivity contribution in [2.75, 3.05) is 10.0 Å². The van der Waals surface area contributed by atoms with Crippen molar-refractivity contribution in [3.63, 3.8) is 0 Å². The summed E-state index contributed by atoms with van der Waals surface area (Å²) in [4.78, 5) is 34.9. The van der Waals surface area contributed by atoms with Gasteiger partial charge in [0.15, 0.2) is 6.10 Å². The van der Waals surface area contributed by atoms with Gasteiger partial charge in [-0.25, -0.2) is 13.2 Å². The third-order valence-corrected chi connectivity index (χ3v) is 6.62. The van der Waals surface area contributed by atoms with Crippen molar-refractivity contribution >= 4 is 39.0 Å². The summed E-state index contributed by atoms with van der Waals surface area (Å²) in [6.45, 7) is 4.80. The van der Waals surface area contributed by atoms with Gasteiger partial charge in [0.1, 0.15) is 0 Å². The molecular formula is C24H23N3O7S. The Morgan fingerprint density at radius 2 is 1.63 bits per heavy atom. The summed E-state index contributed by atoms with van der Waals surface area (Å²) in [5.74, 6) is -1.26. The molecule has 1 atom stereocenters. The zero-order valence-corrected chi connectivity index (χ0v) is 20.0. The number of carbonyl (C=O) groups excluding carboxylic acids is 2. The number of hydrogen-bond donors (Lipinski definition) is 2. The fraction of sp³-hybridized carbons (Fsp3) is 0.167. The Morgan fingerprint density at radius 1 is 0.971 bits per heavy atom. The van der Waals surface area contributed by atoms with E-state index in [2.05, 4.69) is 10.0 Å². The van der Waals surface area contributed by atoms with E-state index < -0.39 is 32.9 Å². The maximum absolute atomic E-state index is 12.7. The number of anilines is 2. The molecule has 0 spiro atoms. The predicted molar refractivity (Wildman–Crippen MR) is 130 cm³/mol. The fourth-order valence-electron chi connectivity index (χ4n) is 3.11. The number of carbonyl (C=O) groups is 2. The zero-order chi connectivity index (χ0) is 25.8. The second-order valence-electron chi connectivity index (χ2n) is 7.74. The lowest BCUT2D eigenvalue weighted by molar-refractivity contribution is -0.385. The van der Waals surface area contributed by atoms with Crippen molar-refractivity contribution in [2.45, 2.75) is 31.8 Å². The number of nitro benzene ring substituents is 1. The van der Waals surface area contributed by atoms with Crippen LogP contribution in [0.25, 0.3) is 0 Å². The molecule has 0 heterocycles. The highest BCUT2D eigenvalue weighted by Crippen LogP contribution is 2.24. The Morgan fingerprint density at radius 3 is 2.26 bits per heavy atom. The number of para-hydroxylation sites is 1. The number of esters is 1. The van der Waals surface area contributed by atoms with Gasteiger partial charge in [-0.1, -0.05) is 24.3 Å². The SMILES string of the molecule is Cc1ccccc1NC(=O)C(C)OC(=O)c1ccc(NS(=O)(=O)c2cc([N+](=O)[O-])ccc2C)cc1. The molecule has 0 aliphatic heterocycles. The van der Waals surface area contributed by atoms with E-state index in [0.29, 0.717) is 11.3 Å². The topological polar surface area (TPSA) is 145 Å². The molecule has 0 saturated carbocycles. The molecule has 3 aromatic carbocycles. The quantitative estimate of drug-likeness (QED) is 0.270. The molecule has 0 aromatic heterocycles. The number of aryl methyl sites for hydroxylation is 2. The van der Waals surface area contributed by atoms with Gasteiger partial charge in [-0.15, -0.1) is 0 Å². The number of nitro groups is 1. The van der Waals surface area contributed by atoms with Crippen molar-refractivity contribution in [1.29, 1.82) is 0 Å². The highest BCUT2D eigenvalue weighted by Gasteiger charge is 2.22. The summed E-state index contributed by atoms with van der Waals surface area (Å²) in [7, 11) is -4.12. The van der Waals surface area contributed by atoms with E-state index in [0.717, 1.165) is 11.6 Å². The van der Waals surface area contributed by atoms with Crippen molar-refractivity contribution in [1.82, 2.24) is 0 Å². The average Bonchev–Trinajstić information content (AvgIpc) is 2.80. The van der Waals surface area contributed by atoms with Crippen LogP contribution in [0.4, 0.5) is 17.1 Å². The Labute approximate surface area is 202 Å². The molecule has 0 fully saturated rings. The van der Waals surface area contributed by atoms with Crippen LogP contribution < -0.4 is 10.0 Å². The van der Waals surface area contributed by atoms with Gasteiger partial charge in [0.25, 0.3) is 21.6 Å². The maximum atomic E-state index is 12.7. The molecule has 0 bridgehead atoms. The van der Waals surface area contributed by atoms with Gasteiger partial charge in [0.2, 0.25) is 0 Å². The molecule has 0 saturated heterocycles. The predicted octanol–water partition coefficient (Wildman–Crippen LogP) is 4.20. The van der Waals surface area contributed by atoms with Gasteiger partial charge in [-0.05, 0) is 62.2 Å². The summed E-state index contributed by atoms with van der Waals surface area (Å²) < 4.78 is 33.0. The first-order chi connectivity index (χ1) is 16.5. The van der Waals surface area contributed by atoms with Crippen molar-refractivity contribution in [3.8, 4) is 0 Å². The molecule has 10 nitrogen and oxygen atoms in total. The summed E-state index contributed by atoms with van der Waals surface area (Å²) in [5.41, 5.74) is 1.69. The first-order valence-electron chi connectivity index (χ1n) is 10.4. The molecule has 1 amide bonds. The van der Waals surface area contributed by atoms with Gasteiger partial charge in [-0.3, -0.25) is 19.6 Å². The summed E-state index contributed by atoms with van der Waals surface area (Å²) in [5, 5.41) is 13.7. The Balaban J connectivity index is 1.67. The number of benzene rings is 3. The van der Waals surface area contributed by atoms with E-state index in [1.165, 1.54) is 50.2 Å². The number of nitrogens with zero attached hydrogens (tertiary/aromatic N) is 1. The minimum absolute atomic E-state index is 0.106. The van der Waals surface area contributed by atoms with Gasteiger partial charge in [0, 0.05) is 23.5 Å². The van der Waals surface area contributed by atoms with Crippen LogP contribution in [0.3, 0.4) is 0 Å². The van der Waals surface area contributed by atoms with Crippen LogP contribution in [0.1, 0.15) is 28.4 Å². The van der Waals surface area contributed by atoms with E-state index in [1.54, 1.807) is 12.1 Å². The van der Waals surface area contributed by atoms with Crippen LogP contribution in [0, 0.1) is 24.0 Å². The summed E-state index contributed by atoms with van der Waals surface area (Å²) >= 11 is 0. The normalized spacial score (nSPS) is 11.9. The second-order valence-corrected chi connectivity index (χ2v) is 9.39. The molecule has 0 radical (unpaired) electrons. The third-order valence-electron chi connectivity index (χ3n) is 5.10. The second kappa shape index (κ2) is 10.3. The molecule has 35 heavy (non-hydrogen) atoms. The van der Waals surface area contributed by atoms with Crippen LogP contribution in [-0.2, 0) is 19.6 Å². The Kier molecular flexibility index (Phi) is 7.50. The van der Waals surface area contributed by atoms with Crippen LogP contribution >= 0.6 is 0 Å². The van der Waals surface area contributed by atoms with E-state index in [1.807, 2.05) is 19.1 Å². The fourth-order valence-corrected chi connectivity index (χ4v) is 4.43. The number of amides is 1. The molecule has 2 N–H and O–H groups in total. The number of nitrogens with one attached hydrogen (secondary N) is 2. The molecule has 11 heteroatoms. The van der Waals surface area contributed by atoms with Crippen LogP contribution in [0.5, 0.6) is 0 Å². The molecule has 3 aromatic rings. The Bertz CT molecular complexity index is 1390. The standard InChI is InChI=1S/C24H23N3O7S/c1-15-6-4-5-7-21(15)25-23(28)17(3)34-24(29)18-9-11-19(12-10-18)26-35(32,33)22-14-20(27(30)31)13-8-16(22)2/h4-14,17,26H,1-3H3,(H,25,28). The van der Waals surface area contributed by atoms with Gasteiger partial charge in [-0.2, -0.15) is 0 Å². The molecule has 182 valence electrons. The van der Waals surface area contributed by atoms with Crippen LogP contribution in [-0.4, -0.2) is 31.3 Å². The highest BCUT2D eigenvalue weighted by molar-refractivity contribution is 7.92. The minimum atomic E-state index is -4.12. The summed E-state index contributed by atoms with van der Waals surface area (Å²) in [6.07, 6.45) is -1.07. The smallest absolute Gasteiger partial charge is 0.338 e. The van der Waals surface area contributed by atoms with Crippen molar-refractivity contribution in [2.24, 2.45) is 0 Å². The zero-order valence-electron chi connectivity index (χ0n) is 19.1. The highest BCUT2D eigenvalue weighted by atomic mass is 32.2. The molecule has 0 aliphatic rings. The Hall–Kier alpha value is -4.25. The molecule has 1 unspecified atom stereocenters. The number of ether oxygens (including phenoxy) is 1. The minimum Gasteiger partial charge on any atom is -0.449 e. The van der Waals surface area contributed by atoms with E-state index >= 15 is 0 Å². The largest absolute Gasteiger partial charge is 0.449 e. The number of rotatable bonds is 8. The van der Waals surface area contributed by atoms with E-state index in [9.17, 15) is 28.1 Å². The van der Waals surface area contributed by atoms with Crippen LogP contribution in [0.2, 0.25) is 0 Å². The number of non-ortho nitro benzene ring substituents is 1. The van der Waals surface area contributed by atoms with Crippen LogP contribution in [0.15, 0.2) is 71.6 Å². The lowest BCUT2D eigenvalue weighted by Crippen LogP contribution is -2.30. The summed E-state index contributed by atoms with van der Waals surface area (Å²) in [6, 6.07) is 16.1. The van der Waals surface area contributed by atoms with Gasteiger partial charge in [0.05, 0.1) is 15.4 Å². The molecule has 3 rings (SSSR count).